The van der Waals surface area contributed by atoms with Crippen molar-refractivity contribution in [2.24, 2.45) is 0 Å². The topological polar surface area (TPSA) is 84.4 Å². The first-order valence-corrected chi connectivity index (χ1v) is 11.1. The Balaban J connectivity index is 1.35. The molecule has 0 radical (unpaired) electrons. The first-order valence-electron chi connectivity index (χ1n) is 10.7. The van der Waals surface area contributed by atoms with Gasteiger partial charge in [-0.1, -0.05) is 11.6 Å². The lowest BCUT2D eigenvalue weighted by Crippen LogP contribution is -2.37. The van der Waals surface area contributed by atoms with E-state index in [0.717, 1.165) is 39.3 Å². The minimum atomic E-state index is 0.108. The number of rotatable bonds is 8. The fourth-order valence-electron chi connectivity index (χ4n) is 3.80. The highest BCUT2D eigenvalue weighted by Gasteiger charge is 2.24. The molecule has 2 aliphatic rings. The average Bonchev–Trinajstić information content (AvgIpc) is 3.33. The molecule has 0 bridgehead atoms. The van der Waals surface area contributed by atoms with E-state index in [1.165, 1.54) is 6.33 Å². The first-order chi connectivity index (χ1) is 16.2. The number of aromatic nitrogens is 2. The van der Waals surface area contributed by atoms with Gasteiger partial charge < -0.3 is 28.4 Å². The molecule has 0 N–H and O–H groups in total. The van der Waals surface area contributed by atoms with Crippen molar-refractivity contribution in [2.75, 3.05) is 53.4 Å². The molecule has 0 unspecified atom stereocenters. The van der Waals surface area contributed by atoms with Gasteiger partial charge in [0.25, 0.3) is 0 Å². The van der Waals surface area contributed by atoms with E-state index >= 15 is 0 Å². The van der Waals surface area contributed by atoms with E-state index in [2.05, 4.69) is 14.9 Å². The Morgan fingerprint density at radius 3 is 2.82 bits per heavy atom. The van der Waals surface area contributed by atoms with Crippen LogP contribution in [0.4, 0.5) is 0 Å². The molecule has 0 saturated carbocycles. The Labute approximate surface area is 196 Å². The lowest BCUT2D eigenvalue weighted by molar-refractivity contribution is 0.0357. The van der Waals surface area contributed by atoms with Crippen LogP contribution in [0.2, 0.25) is 5.02 Å². The fraction of sp³-hybridized carbons (Fsp3) is 0.391. The van der Waals surface area contributed by atoms with Crippen molar-refractivity contribution in [2.45, 2.75) is 6.42 Å². The fourth-order valence-corrected chi connectivity index (χ4v) is 3.99. The van der Waals surface area contributed by atoms with Crippen LogP contribution < -0.4 is 23.7 Å². The predicted octanol–water partition coefficient (Wildman–Crippen LogP) is 3.91. The van der Waals surface area contributed by atoms with Crippen LogP contribution >= 0.6 is 11.6 Å². The summed E-state index contributed by atoms with van der Waals surface area (Å²) >= 11 is 6.36. The van der Waals surface area contributed by atoms with Gasteiger partial charge in [-0.2, -0.15) is 0 Å². The third-order valence-corrected chi connectivity index (χ3v) is 5.81. The molecule has 174 valence electrons. The maximum Gasteiger partial charge on any atom is 0.231 e. The molecule has 0 spiro atoms. The molecule has 3 aromatic rings. The minimum absolute atomic E-state index is 0.108. The number of fused-ring (bicyclic) bond motifs is 2. The molecule has 1 aromatic heterocycles. The predicted molar refractivity (Wildman–Crippen MR) is 121 cm³/mol. The van der Waals surface area contributed by atoms with E-state index in [9.17, 15) is 0 Å². The summed E-state index contributed by atoms with van der Waals surface area (Å²) in [4.78, 5) is 11.1. The zero-order valence-corrected chi connectivity index (χ0v) is 19.0. The number of hydrogen-bond acceptors (Lipinski definition) is 9. The summed E-state index contributed by atoms with van der Waals surface area (Å²) in [6.45, 7) is 5.15. The van der Waals surface area contributed by atoms with Gasteiger partial charge in [0.15, 0.2) is 23.0 Å². The third-order valence-electron chi connectivity index (χ3n) is 5.51. The van der Waals surface area contributed by atoms with Crippen LogP contribution in [0.3, 0.4) is 0 Å². The molecule has 1 fully saturated rings. The highest BCUT2D eigenvalue weighted by Crippen LogP contribution is 2.47. The molecule has 10 heteroatoms. The Hall–Kier alpha value is -3.01. The Morgan fingerprint density at radius 2 is 1.97 bits per heavy atom. The summed E-state index contributed by atoms with van der Waals surface area (Å²) in [6.07, 6.45) is 2.33. The van der Waals surface area contributed by atoms with Gasteiger partial charge in [0, 0.05) is 25.7 Å². The zero-order valence-electron chi connectivity index (χ0n) is 18.2. The van der Waals surface area contributed by atoms with E-state index in [-0.39, 0.29) is 6.79 Å². The van der Waals surface area contributed by atoms with Crippen molar-refractivity contribution >= 4 is 22.5 Å². The molecule has 0 aliphatic carbocycles. The molecule has 1 saturated heterocycles. The normalized spacial score (nSPS) is 15.6. The van der Waals surface area contributed by atoms with Crippen molar-refractivity contribution < 1.29 is 28.4 Å². The number of halogens is 1. The highest BCUT2D eigenvalue weighted by atomic mass is 35.5. The van der Waals surface area contributed by atoms with Gasteiger partial charge in [-0.25, -0.2) is 9.97 Å². The number of morpholine rings is 1. The van der Waals surface area contributed by atoms with Crippen LogP contribution in [-0.4, -0.2) is 68.2 Å². The van der Waals surface area contributed by atoms with Crippen LogP contribution in [0.5, 0.6) is 34.6 Å². The lowest BCUT2D eigenvalue weighted by Gasteiger charge is -2.26. The number of methoxy groups -OCH3 is 1. The number of ether oxygens (including phenoxy) is 6. The summed E-state index contributed by atoms with van der Waals surface area (Å²) in [6, 6.07) is 7.06. The van der Waals surface area contributed by atoms with Gasteiger partial charge in [-0.3, -0.25) is 4.90 Å². The lowest BCUT2D eigenvalue weighted by atomic mass is 10.2. The van der Waals surface area contributed by atoms with E-state index in [0.29, 0.717) is 57.2 Å². The molecule has 9 nitrogen and oxygen atoms in total. The van der Waals surface area contributed by atoms with Crippen LogP contribution in [0, 0.1) is 0 Å². The second-order valence-electron chi connectivity index (χ2n) is 7.57. The van der Waals surface area contributed by atoms with E-state index in [1.54, 1.807) is 25.3 Å². The van der Waals surface area contributed by atoms with Crippen LogP contribution in [0.15, 0.2) is 30.6 Å². The van der Waals surface area contributed by atoms with Crippen molar-refractivity contribution in [3.8, 4) is 34.6 Å². The monoisotopic (exact) mass is 473 g/mol. The van der Waals surface area contributed by atoms with Crippen LogP contribution in [-0.2, 0) is 4.74 Å². The maximum atomic E-state index is 6.36. The largest absolute Gasteiger partial charge is 0.493 e. The minimum Gasteiger partial charge on any atom is -0.493 e. The summed E-state index contributed by atoms with van der Waals surface area (Å²) in [5, 5.41) is 1.04. The van der Waals surface area contributed by atoms with E-state index in [1.807, 2.05) is 6.07 Å². The number of hydrogen-bond donors (Lipinski definition) is 0. The van der Waals surface area contributed by atoms with E-state index in [4.69, 9.17) is 40.0 Å². The summed E-state index contributed by atoms with van der Waals surface area (Å²) in [7, 11) is 1.60. The molecular formula is C23H24ClN3O6. The van der Waals surface area contributed by atoms with Crippen molar-refractivity contribution in [1.29, 1.82) is 0 Å². The van der Waals surface area contributed by atoms with Crippen molar-refractivity contribution in [3.05, 3.63) is 35.6 Å². The van der Waals surface area contributed by atoms with Gasteiger partial charge in [-0.15, -0.1) is 0 Å². The Morgan fingerprint density at radius 1 is 1.09 bits per heavy atom. The third kappa shape index (κ3) is 4.71. The second kappa shape index (κ2) is 9.86. The second-order valence-corrected chi connectivity index (χ2v) is 7.97. The van der Waals surface area contributed by atoms with Gasteiger partial charge >= 0.3 is 0 Å². The summed E-state index contributed by atoms with van der Waals surface area (Å²) in [5.74, 6) is 2.86. The van der Waals surface area contributed by atoms with E-state index < -0.39 is 0 Å². The number of nitrogens with zero attached hydrogens (tertiary/aromatic N) is 3. The van der Waals surface area contributed by atoms with Gasteiger partial charge in [0.2, 0.25) is 18.4 Å². The van der Waals surface area contributed by atoms with Gasteiger partial charge in [-0.05, 0) is 24.6 Å². The molecule has 5 rings (SSSR count). The molecule has 0 amide bonds. The molecular weight excluding hydrogens is 450 g/mol. The van der Waals surface area contributed by atoms with Crippen molar-refractivity contribution in [1.82, 2.24) is 14.9 Å². The standard InChI is InChI=1S/C23H24ClN3O6/c1-28-19-11-15-17(12-20(19)30-8-2-5-27-6-9-29-10-7-27)25-13-26-23(15)33-21-16(24)3-4-18-22(21)32-14-31-18/h3-4,11-13H,2,5-10,14H2,1H3. The summed E-state index contributed by atoms with van der Waals surface area (Å²) < 4.78 is 34.0. The first kappa shape index (κ1) is 21.8. The smallest absolute Gasteiger partial charge is 0.231 e. The van der Waals surface area contributed by atoms with Crippen LogP contribution in [0.25, 0.3) is 10.9 Å². The SMILES string of the molecule is COc1cc2c(Oc3c(Cl)ccc4c3OCO4)ncnc2cc1OCCCN1CCOCC1. The van der Waals surface area contributed by atoms with Gasteiger partial charge in [0.05, 0.1) is 42.9 Å². The molecule has 33 heavy (non-hydrogen) atoms. The zero-order chi connectivity index (χ0) is 22.6. The molecule has 2 aliphatic heterocycles. The quantitative estimate of drug-likeness (QED) is 0.452. The summed E-state index contributed by atoms with van der Waals surface area (Å²) in [5.41, 5.74) is 0.657. The van der Waals surface area contributed by atoms with Crippen molar-refractivity contribution in [3.63, 3.8) is 0 Å². The molecule has 0 atom stereocenters. The average molecular weight is 474 g/mol. The molecule has 3 heterocycles. The Kier molecular flexibility index (Phi) is 6.52. The Bertz CT molecular complexity index is 1140. The van der Waals surface area contributed by atoms with Crippen LogP contribution in [0.1, 0.15) is 6.42 Å². The van der Waals surface area contributed by atoms with Gasteiger partial charge in [0.1, 0.15) is 6.33 Å². The maximum absolute atomic E-state index is 6.36. The number of benzene rings is 2. The molecule has 2 aromatic carbocycles. The highest BCUT2D eigenvalue weighted by molar-refractivity contribution is 6.32.